The average molecular weight is 394 g/mol. The van der Waals surface area contributed by atoms with Gasteiger partial charge < -0.3 is 15.2 Å². The molecular weight excluding hydrogens is 371 g/mol. The first-order valence-corrected chi connectivity index (χ1v) is 9.64. The van der Waals surface area contributed by atoms with Gasteiger partial charge in [0.1, 0.15) is 11.9 Å². The van der Waals surface area contributed by atoms with Crippen LogP contribution in [0.5, 0.6) is 0 Å². The Balaban J connectivity index is 1.40. The lowest BCUT2D eigenvalue weighted by atomic mass is 10.1. The van der Waals surface area contributed by atoms with E-state index in [1.54, 1.807) is 12.3 Å². The van der Waals surface area contributed by atoms with Crippen LogP contribution in [0.25, 0.3) is 11.0 Å². The number of H-pyrrole nitrogens is 2. The second-order valence-electron chi connectivity index (χ2n) is 7.74. The van der Waals surface area contributed by atoms with Gasteiger partial charge in [0.25, 0.3) is 0 Å². The molecule has 1 aliphatic heterocycles. The molecule has 3 aromatic heterocycles. The van der Waals surface area contributed by atoms with E-state index in [0.717, 1.165) is 22.4 Å². The number of nitrogens with two attached hydrogens (primary N) is 1. The summed E-state index contributed by atoms with van der Waals surface area (Å²) >= 11 is 0. The van der Waals surface area contributed by atoms with Crippen molar-refractivity contribution in [1.29, 1.82) is 0 Å². The van der Waals surface area contributed by atoms with Crippen molar-refractivity contribution < 1.29 is 4.39 Å². The van der Waals surface area contributed by atoms with E-state index in [9.17, 15) is 4.39 Å². The summed E-state index contributed by atoms with van der Waals surface area (Å²) in [6.45, 7) is 2.06. The number of hydrogen-bond donors (Lipinski definition) is 4. The minimum absolute atomic E-state index is 0.0372. The Morgan fingerprint density at radius 3 is 2.97 bits per heavy atom. The van der Waals surface area contributed by atoms with Gasteiger partial charge in [-0.1, -0.05) is 0 Å². The summed E-state index contributed by atoms with van der Waals surface area (Å²) in [5.74, 6) is 0.504. The SMILES string of the molecule is C[C@H](c1ccc2[nH]ccc2n1)N(C)C1=NC(N)(c2cc([C@@H]3C[C@H]3F)[nH]n2)C=CN1. The van der Waals surface area contributed by atoms with E-state index in [0.29, 0.717) is 18.1 Å². The van der Waals surface area contributed by atoms with Crippen molar-refractivity contribution in [3.05, 3.63) is 59.8 Å². The number of aliphatic imine (C=N–C) groups is 1. The Kier molecular flexibility index (Phi) is 3.95. The van der Waals surface area contributed by atoms with Crippen LogP contribution in [0.2, 0.25) is 0 Å². The summed E-state index contributed by atoms with van der Waals surface area (Å²) < 4.78 is 13.4. The lowest BCUT2D eigenvalue weighted by Crippen LogP contribution is -2.46. The Hall–Kier alpha value is -3.20. The zero-order chi connectivity index (χ0) is 20.2. The molecule has 0 saturated heterocycles. The highest BCUT2D eigenvalue weighted by molar-refractivity contribution is 5.83. The van der Waals surface area contributed by atoms with Crippen molar-refractivity contribution in [3.63, 3.8) is 0 Å². The number of fused-ring (bicyclic) bond motifs is 1. The quantitative estimate of drug-likeness (QED) is 0.543. The van der Waals surface area contributed by atoms with E-state index in [4.69, 9.17) is 15.7 Å². The lowest BCUT2D eigenvalue weighted by molar-refractivity contribution is 0.374. The number of guanidine groups is 1. The molecule has 0 amide bonds. The zero-order valence-electron chi connectivity index (χ0n) is 16.2. The fourth-order valence-electron chi connectivity index (χ4n) is 3.59. The number of pyridine rings is 1. The molecule has 1 aliphatic carbocycles. The minimum Gasteiger partial charge on any atom is -0.360 e. The van der Waals surface area contributed by atoms with E-state index in [-0.39, 0.29) is 12.0 Å². The molecule has 3 aromatic rings. The van der Waals surface area contributed by atoms with Crippen LogP contribution >= 0.6 is 0 Å². The normalized spacial score (nSPS) is 26.8. The van der Waals surface area contributed by atoms with Gasteiger partial charge in [-0.2, -0.15) is 5.10 Å². The van der Waals surface area contributed by atoms with Crippen molar-refractivity contribution in [2.75, 3.05) is 7.05 Å². The van der Waals surface area contributed by atoms with Crippen molar-refractivity contribution in [2.24, 2.45) is 10.7 Å². The second-order valence-corrected chi connectivity index (χ2v) is 7.74. The molecule has 4 heterocycles. The van der Waals surface area contributed by atoms with Crippen LogP contribution in [0.4, 0.5) is 4.39 Å². The fourth-order valence-corrected chi connectivity index (χ4v) is 3.59. The van der Waals surface area contributed by atoms with Crippen LogP contribution in [0.15, 0.2) is 47.7 Å². The summed E-state index contributed by atoms with van der Waals surface area (Å²) in [5, 5.41) is 10.4. The van der Waals surface area contributed by atoms with Gasteiger partial charge in [0.2, 0.25) is 5.96 Å². The summed E-state index contributed by atoms with van der Waals surface area (Å²) in [4.78, 5) is 14.6. The monoisotopic (exact) mass is 394 g/mol. The number of nitrogens with zero attached hydrogens (tertiary/aromatic N) is 4. The number of hydrogen-bond acceptors (Lipinski definition) is 6. The number of halogens is 1. The zero-order valence-corrected chi connectivity index (χ0v) is 16.2. The second kappa shape index (κ2) is 6.41. The van der Waals surface area contributed by atoms with Crippen LogP contribution in [-0.4, -0.2) is 44.2 Å². The smallest absolute Gasteiger partial charge is 0.200 e. The van der Waals surface area contributed by atoms with Crippen molar-refractivity contribution in [3.8, 4) is 0 Å². The van der Waals surface area contributed by atoms with E-state index in [1.165, 1.54) is 0 Å². The number of nitrogens with one attached hydrogen (secondary N) is 3. The highest BCUT2D eigenvalue weighted by atomic mass is 19.1. The Bertz CT molecular complexity index is 1110. The van der Waals surface area contributed by atoms with Crippen molar-refractivity contribution in [1.82, 2.24) is 30.4 Å². The van der Waals surface area contributed by atoms with Gasteiger partial charge in [-0.15, -0.1) is 0 Å². The van der Waals surface area contributed by atoms with Crippen LogP contribution in [0.1, 0.15) is 42.4 Å². The first-order valence-electron chi connectivity index (χ1n) is 9.64. The molecule has 0 aromatic carbocycles. The number of alkyl halides is 1. The van der Waals surface area contributed by atoms with Gasteiger partial charge in [-0.3, -0.25) is 10.8 Å². The molecule has 9 heteroatoms. The number of aromatic nitrogens is 4. The van der Waals surface area contributed by atoms with Crippen LogP contribution < -0.4 is 11.1 Å². The average Bonchev–Trinajstić information content (AvgIpc) is 3.15. The van der Waals surface area contributed by atoms with E-state index in [2.05, 4.69) is 27.4 Å². The lowest BCUT2D eigenvalue weighted by Gasteiger charge is -2.32. The molecule has 0 spiro atoms. The molecule has 1 unspecified atom stereocenters. The van der Waals surface area contributed by atoms with Gasteiger partial charge in [-0.05, 0) is 43.7 Å². The molecule has 29 heavy (non-hydrogen) atoms. The first-order chi connectivity index (χ1) is 13.9. The predicted octanol–water partition coefficient (Wildman–Crippen LogP) is 2.39. The number of rotatable bonds is 4. The van der Waals surface area contributed by atoms with Gasteiger partial charge in [0, 0.05) is 31.1 Å². The summed E-state index contributed by atoms with van der Waals surface area (Å²) in [7, 11) is 1.94. The molecule has 8 nitrogen and oxygen atoms in total. The van der Waals surface area contributed by atoms with Crippen LogP contribution in [-0.2, 0) is 5.66 Å². The summed E-state index contributed by atoms with van der Waals surface area (Å²) in [5.41, 5.74) is 9.60. The molecule has 150 valence electrons. The third-order valence-corrected chi connectivity index (χ3v) is 5.73. The Labute approximate surface area is 167 Å². The molecule has 0 radical (unpaired) electrons. The van der Waals surface area contributed by atoms with E-state index < -0.39 is 11.8 Å². The van der Waals surface area contributed by atoms with Gasteiger partial charge in [-0.25, -0.2) is 14.4 Å². The number of aromatic amines is 2. The highest BCUT2D eigenvalue weighted by Crippen LogP contribution is 2.43. The summed E-state index contributed by atoms with van der Waals surface area (Å²) in [6.07, 6.45) is 5.12. The molecule has 5 rings (SSSR count). The standard InChI is InChI=1S/C20H23FN8/c1-11(14-3-4-15-16(25-14)5-7-23-15)29(2)19-24-8-6-20(22,26-19)18-10-17(27-28-18)12-9-13(12)21/h3-8,10-13,23H,9,22H2,1-2H3,(H,24,26)(H,27,28)/t11-,12-,13-,20?/m1/s1. The maximum Gasteiger partial charge on any atom is 0.200 e. The molecular formula is C20H23FN8. The molecule has 1 fully saturated rings. The highest BCUT2D eigenvalue weighted by Gasteiger charge is 2.41. The maximum atomic E-state index is 13.4. The Morgan fingerprint density at radius 2 is 2.17 bits per heavy atom. The first kappa shape index (κ1) is 17.9. The van der Waals surface area contributed by atoms with E-state index in [1.807, 2.05) is 42.4 Å². The fraction of sp³-hybridized carbons (Fsp3) is 0.350. The largest absolute Gasteiger partial charge is 0.360 e. The van der Waals surface area contributed by atoms with Crippen LogP contribution in [0, 0.1) is 0 Å². The minimum atomic E-state index is -1.12. The van der Waals surface area contributed by atoms with Gasteiger partial charge in [0.05, 0.1) is 22.8 Å². The van der Waals surface area contributed by atoms with Gasteiger partial charge >= 0.3 is 0 Å². The predicted molar refractivity (Wildman–Crippen MR) is 109 cm³/mol. The van der Waals surface area contributed by atoms with E-state index >= 15 is 0 Å². The topological polar surface area (TPSA) is 111 Å². The van der Waals surface area contributed by atoms with Crippen molar-refractivity contribution >= 4 is 17.0 Å². The van der Waals surface area contributed by atoms with Gasteiger partial charge in [0.15, 0.2) is 5.66 Å². The molecule has 4 atom stereocenters. The molecule has 5 N–H and O–H groups in total. The third kappa shape index (κ3) is 3.07. The Morgan fingerprint density at radius 1 is 1.34 bits per heavy atom. The molecule has 2 aliphatic rings. The third-order valence-electron chi connectivity index (χ3n) is 5.73. The van der Waals surface area contributed by atoms with Crippen LogP contribution in [0.3, 0.4) is 0 Å². The summed E-state index contributed by atoms with van der Waals surface area (Å²) in [6, 6.07) is 7.74. The molecule has 1 saturated carbocycles. The maximum absolute atomic E-state index is 13.4. The van der Waals surface area contributed by atoms with Crippen molar-refractivity contribution in [2.45, 2.75) is 37.1 Å². The molecule has 0 bridgehead atoms.